The summed E-state index contributed by atoms with van der Waals surface area (Å²) >= 11 is 23.6. The average Bonchev–Trinajstić information content (AvgIpc) is 2.25. The molecule has 2 aromatic rings. The highest BCUT2D eigenvalue weighted by Gasteiger charge is 2.08. The molecule has 1 aromatic carbocycles. The zero-order chi connectivity index (χ0) is 11.7. The Morgan fingerprint density at radius 1 is 0.812 bits per heavy atom. The van der Waals surface area contributed by atoms with Gasteiger partial charge in [-0.2, -0.15) is 0 Å². The fraction of sp³-hybridized carbons (Fsp3) is 0. The summed E-state index contributed by atoms with van der Waals surface area (Å²) < 4.78 is 0. The number of halogens is 4. The standard InChI is InChI=1S/C11H5Cl4N/c12-8-4-10(14)9(13)3-7(8)6-1-2-11(15)16-5-6/h1-5H. The Bertz CT molecular complexity index is 522. The van der Waals surface area contributed by atoms with E-state index in [-0.39, 0.29) is 0 Å². The quantitative estimate of drug-likeness (QED) is 0.509. The van der Waals surface area contributed by atoms with Crippen molar-refractivity contribution < 1.29 is 0 Å². The molecular weight excluding hydrogens is 288 g/mol. The van der Waals surface area contributed by atoms with Crippen LogP contribution in [0, 0.1) is 0 Å². The minimum atomic E-state index is 0.428. The van der Waals surface area contributed by atoms with E-state index in [1.54, 1.807) is 24.4 Å². The van der Waals surface area contributed by atoms with Crippen molar-refractivity contribution in [3.05, 3.63) is 50.7 Å². The molecule has 0 radical (unpaired) electrons. The number of nitrogens with zero attached hydrogens (tertiary/aromatic N) is 1. The Kier molecular flexibility index (Phi) is 3.60. The van der Waals surface area contributed by atoms with Crippen molar-refractivity contribution in [3.8, 4) is 11.1 Å². The average molecular weight is 293 g/mol. The number of hydrogen-bond acceptors (Lipinski definition) is 1. The lowest BCUT2D eigenvalue weighted by Gasteiger charge is -2.06. The van der Waals surface area contributed by atoms with Gasteiger partial charge in [-0.05, 0) is 24.3 Å². The molecule has 0 bridgehead atoms. The fourth-order valence-electron chi connectivity index (χ4n) is 1.28. The lowest BCUT2D eigenvalue weighted by Crippen LogP contribution is -1.83. The first-order valence-electron chi connectivity index (χ1n) is 4.34. The molecule has 0 spiro atoms. The van der Waals surface area contributed by atoms with E-state index in [0.717, 1.165) is 11.1 Å². The first-order chi connectivity index (χ1) is 7.58. The second kappa shape index (κ2) is 4.80. The summed E-state index contributed by atoms with van der Waals surface area (Å²) in [6, 6.07) is 6.82. The summed E-state index contributed by atoms with van der Waals surface area (Å²) in [7, 11) is 0. The van der Waals surface area contributed by atoms with E-state index < -0.39 is 0 Å². The molecule has 5 heteroatoms. The minimum Gasteiger partial charge on any atom is -0.244 e. The van der Waals surface area contributed by atoms with Crippen LogP contribution >= 0.6 is 46.4 Å². The van der Waals surface area contributed by atoms with Gasteiger partial charge in [0.05, 0.1) is 15.1 Å². The molecule has 2 rings (SSSR count). The van der Waals surface area contributed by atoms with Crippen molar-refractivity contribution in [1.29, 1.82) is 0 Å². The van der Waals surface area contributed by atoms with E-state index in [1.807, 2.05) is 6.07 Å². The minimum absolute atomic E-state index is 0.428. The maximum Gasteiger partial charge on any atom is 0.129 e. The van der Waals surface area contributed by atoms with Crippen molar-refractivity contribution in [2.75, 3.05) is 0 Å². The van der Waals surface area contributed by atoms with Crippen molar-refractivity contribution in [1.82, 2.24) is 4.98 Å². The van der Waals surface area contributed by atoms with Crippen molar-refractivity contribution in [3.63, 3.8) is 0 Å². The molecule has 0 atom stereocenters. The van der Waals surface area contributed by atoms with Crippen LogP contribution in [0.2, 0.25) is 20.2 Å². The van der Waals surface area contributed by atoms with E-state index in [0.29, 0.717) is 20.2 Å². The van der Waals surface area contributed by atoms with Crippen LogP contribution < -0.4 is 0 Å². The normalized spacial score (nSPS) is 10.5. The van der Waals surface area contributed by atoms with Crippen LogP contribution in [-0.2, 0) is 0 Å². The van der Waals surface area contributed by atoms with E-state index in [1.165, 1.54) is 0 Å². The second-order valence-corrected chi connectivity index (χ2v) is 4.72. The summed E-state index contributed by atoms with van der Waals surface area (Å²) in [6.07, 6.45) is 1.63. The number of hydrogen-bond donors (Lipinski definition) is 0. The van der Waals surface area contributed by atoms with Crippen molar-refractivity contribution in [2.24, 2.45) is 0 Å². The lowest BCUT2D eigenvalue weighted by molar-refractivity contribution is 1.33. The molecule has 0 amide bonds. The van der Waals surface area contributed by atoms with Gasteiger partial charge in [-0.3, -0.25) is 0 Å². The van der Waals surface area contributed by atoms with Crippen LogP contribution in [0.15, 0.2) is 30.5 Å². The Balaban J connectivity index is 2.56. The second-order valence-electron chi connectivity index (χ2n) is 3.12. The van der Waals surface area contributed by atoms with Crippen LogP contribution in [0.5, 0.6) is 0 Å². The van der Waals surface area contributed by atoms with Crippen LogP contribution in [-0.4, -0.2) is 4.98 Å². The smallest absolute Gasteiger partial charge is 0.129 e. The molecular formula is C11H5Cl4N. The molecule has 0 saturated carbocycles. The Hall–Kier alpha value is -0.470. The van der Waals surface area contributed by atoms with Crippen molar-refractivity contribution in [2.45, 2.75) is 0 Å². The van der Waals surface area contributed by atoms with Gasteiger partial charge in [0.1, 0.15) is 5.15 Å². The van der Waals surface area contributed by atoms with Gasteiger partial charge in [-0.25, -0.2) is 4.98 Å². The summed E-state index contributed by atoms with van der Waals surface area (Å²) in [4.78, 5) is 3.98. The van der Waals surface area contributed by atoms with Gasteiger partial charge in [0.25, 0.3) is 0 Å². The summed E-state index contributed by atoms with van der Waals surface area (Å²) in [5.41, 5.74) is 1.62. The van der Waals surface area contributed by atoms with Crippen LogP contribution in [0.25, 0.3) is 11.1 Å². The van der Waals surface area contributed by atoms with Gasteiger partial charge in [-0.1, -0.05) is 46.4 Å². The van der Waals surface area contributed by atoms with Crippen LogP contribution in [0.4, 0.5) is 0 Å². The molecule has 0 aliphatic carbocycles. The van der Waals surface area contributed by atoms with Gasteiger partial charge < -0.3 is 0 Å². The fourth-order valence-corrected chi connectivity index (χ4v) is 2.05. The summed E-state index contributed by atoms with van der Waals surface area (Å²) in [6.45, 7) is 0. The zero-order valence-corrected chi connectivity index (χ0v) is 10.9. The highest BCUT2D eigenvalue weighted by Crippen LogP contribution is 2.35. The van der Waals surface area contributed by atoms with E-state index in [4.69, 9.17) is 46.4 Å². The van der Waals surface area contributed by atoms with Crippen LogP contribution in [0.3, 0.4) is 0 Å². The Labute approximate surface area is 113 Å². The maximum absolute atomic E-state index is 6.07. The molecule has 16 heavy (non-hydrogen) atoms. The highest BCUT2D eigenvalue weighted by molar-refractivity contribution is 6.44. The monoisotopic (exact) mass is 291 g/mol. The van der Waals surface area contributed by atoms with Gasteiger partial charge >= 0.3 is 0 Å². The van der Waals surface area contributed by atoms with Gasteiger partial charge in [0.2, 0.25) is 0 Å². The Morgan fingerprint density at radius 3 is 2.12 bits per heavy atom. The molecule has 1 aromatic heterocycles. The van der Waals surface area contributed by atoms with Crippen molar-refractivity contribution >= 4 is 46.4 Å². The number of benzene rings is 1. The van der Waals surface area contributed by atoms with Gasteiger partial charge in [0, 0.05) is 17.3 Å². The van der Waals surface area contributed by atoms with Gasteiger partial charge in [0.15, 0.2) is 0 Å². The summed E-state index contributed by atoms with van der Waals surface area (Å²) in [5, 5.41) is 1.84. The van der Waals surface area contributed by atoms with Crippen LogP contribution in [0.1, 0.15) is 0 Å². The maximum atomic E-state index is 6.07. The first kappa shape index (κ1) is 12.0. The third kappa shape index (κ3) is 2.44. The highest BCUT2D eigenvalue weighted by atomic mass is 35.5. The first-order valence-corrected chi connectivity index (χ1v) is 5.85. The molecule has 0 saturated heterocycles. The topological polar surface area (TPSA) is 12.9 Å². The Morgan fingerprint density at radius 2 is 1.50 bits per heavy atom. The molecule has 0 fully saturated rings. The lowest BCUT2D eigenvalue weighted by atomic mass is 10.1. The van der Waals surface area contributed by atoms with E-state index in [2.05, 4.69) is 4.98 Å². The van der Waals surface area contributed by atoms with E-state index in [9.17, 15) is 0 Å². The third-order valence-electron chi connectivity index (χ3n) is 2.05. The number of pyridine rings is 1. The molecule has 1 heterocycles. The molecule has 0 unspecified atom stereocenters. The largest absolute Gasteiger partial charge is 0.244 e. The SMILES string of the molecule is Clc1ccc(-c2cc(Cl)c(Cl)cc2Cl)cn1. The predicted octanol–water partition coefficient (Wildman–Crippen LogP) is 5.36. The van der Waals surface area contributed by atoms with E-state index >= 15 is 0 Å². The third-order valence-corrected chi connectivity index (χ3v) is 3.31. The molecule has 0 aliphatic heterocycles. The number of rotatable bonds is 1. The van der Waals surface area contributed by atoms with Gasteiger partial charge in [-0.15, -0.1) is 0 Å². The molecule has 0 N–H and O–H groups in total. The molecule has 1 nitrogen and oxygen atoms in total. The zero-order valence-electron chi connectivity index (χ0n) is 7.85. The number of aromatic nitrogens is 1. The summed E-state index contributed by atoms with van der Waals surface area (Å²) in [5.74, 6) is 0. The molecule has 82 valence electrons. The predicted molar refractivity (Wildman–Crippen MR) is 69.7 cm³/mol. The molecule has 0 aliphatic rings.